The van der Waals surface area contributed by atoms with Crippen LogP contribution in [0.25, 0.3) is 0 Å². The number of benzene rings is 1. The Bertz CT molecular complexity index is 577. The van der Waals surface area contributed by atoms with Crippen molar-refractivity contribution in [1.29, 1.82) is 0 Å². The first-order valence-electron chi connectivity index (χ1n) is 7.34. The molecule has 1 aromatic rings. The quantitative estimate of drug-likeness (QED) is 0.585. The van der Waals surface area contributed by atoms with Gasteiger partial charge in [-0.2, -0.15) is 0 Å². The van der Waals surface area contributed by atoms with Crippen LogP contribution in [-0.4, -0.2) is 29.6 Å². The highest BCUT2D eigenvalue weighted by atomic mass is 19.4. The van der Waals surface area contributed by atoms with Crippen molar-refractivity contribution in [1.82, 2.24) is 0 Å². The highest BCUT2D eigenvalue weighted by molar-refractivity contribution is 5.93. The normalized spacial score (nSPS) is 25.4. The number of alkyl halides is 3. The van der Waals surface area contributed by atoms with Crippen LogP contribution < -0.4 is 15.8 Å². The Morgan fingerprint density at radius 3 is 2.78 bits per heavy atom. The lowest BCUT2D eigenvalue weighted by molar-refractivity contribution is -0.274. The molecule has 8 heteroatoms. The predicted octanol–water partition coefficient (Wildman–Crippen LogP) is 2.86. The summed E-state index contributed by atoms with van der Waals surface area (Å²) in [6, 6.07) is 5.54. The Labute approximate surface area is 132 Å². The van der Waals surface area contributed by atoms with E-state index in [9.17, 15) is 18.3 Å². The number of guanidine groups is 1. The molecular formula is C15H20F3N3O2. The molecule has 4 N–H and O–H groups in total. The highest BCUT2D eigenvalue weighted by Gasteiger charge is 2.38. The molecular weight excluding hydrogens is 311 g/mol. The fourth-order valence-corrected chi connectivity index (χ4v) is 2.65. The lowest BCUT2D eigenvalue weighted by Crippen LogP contribution is -2.36. The first-order valence-corrected chi connectivity index (χ1v) is 7.34. The van der Waals surface area contributed by atoms with Gasteiger partial charge in [-0.1, -0.05) is 25.5 Å². The van der Waals surface area contributed by atoms with Crippen molar-refractivity contribution in [3.05, 3.63) is 24.3 Å². The number of aliphatic imine (C=N–C) groups is 1. The van der Waals surface area contributed by atoms with Crippen LogP contribution in [0.5, 0.6) is 5.75 Å². The molecule has 0 heterocycles. The largest absolute Gasteiger partial charge is 0.573 e. The Morgan fingerprint density at radius 2 is 2.17 bits per heavy atom. The highest BCUT2D eigenvalue weighted by Crippen LogP contribution is 2.35. The molecule has 0 spiro atoms. The number of anilines is 1. The van der Waals surface area contributed by atoms with Gasteiger partial charge in [-0.3, -0.25) is 4.99 Å². The molecule has 2 unspecified atom stereocenters. The van der Waals surface area contributed by atoms with Gasteiger partial charge in [0.2, 0.25) is 0 Å². The molecule has 1 aromatic carbocycles. The van der Waals surface area contributed by atoms with Gasteiger partial charge in [-0.05, 0) is 30.9 Å². The SMILES string of the molecule is CC1CCCC1(O)CN=C(N)Nc1ccccc1OC(F)(F)F. The van der Waals surface area contributed by atoms with Gasteiger partial charge in [-0.15, -0.1) is 13.2 Å². The fraction of sp³-hybridized carbons (Fsp3) is 0.533. The summed E-state index contributed by atoms with van der Waals surface area (Å²) in [4.78, 5) is 4.06. The molecule has 0 amide bonds. The van der Waals surface area contributed by atoms with Gasteiger partial charge in [-0.25, -0.2) is 0 Å². The predicted molar refractivity (Wildman–Crippen MR) is 81.2 cm³/mol. The standard InChI is InChI=1S/C15H20F3N3O2/c1-10-5-4-8-14(10,22)9-20-13(19)21-11-6-2-3-7-12(11)23-15(16,17)18/h2-3,6-7,10,22H,4-5,8-9H2,1H3,(H3,19,20,21). The number of nitrogens with zero attached hydrogens (tertiary/aromatic N) is 1. The summed E-state index contributed by atoms with van der Waals surface area (Å²) >= 11 is 0. The van der Waals surface area contributed by atoms with Crippen LogP contribution in [0.4, 0.5) is 18.9 Å². The fourth-order valence-electron chi connectivity index (χ4n) is 2.65. The maximum Gasteiger partial charge on any atom is 0.573 e. The third kappa shape index (κ3) is 4.75. The van der Waals surface area contributed by atoms with E-state index in [-0.39, 0.29) is 24.1 Å². The zero-order chi connectivity index (χ0) is 17.1. The van der Waals surface area contributed by atoms with E-state index >= 15 is 0 Å². The number of halogens is 3. The number of para-hydroxylation sites is 2. The summed E-state index contributed by atoms with van der Waals surface area (Å²) in [5.74, 6) is -0.359. The number of ether oxygens (including phenoxy) is 1. The zero-order valence-electron chi connectivity index (χ0n) is 12.7. The Balaban J connectivity index is 2.05. The van der Waals surface area contributed by atoms with E-state index in [2.05, 4.69) is 15.0 Å². The van der Waals surface area contributed by atoms with Crippen molar-refractivity contribution >= 4 is 11.6 Å². The second-order valence-corrected chi connectivity index (χ2v) is 5.77. The summed E-state index contributed by atoms with van der Waals surface area (Å²) in [7, 11) is 0. The van der Waals surface area contributed by atoms with E-state index in [1.165, 1.54) is 18.2 Å². The van der Waals surface area contributed by atoms with Crippen molar-refractivity contribution in [2.24, 2.45) is 16.6 Å². The number of nitrogens with two attached hydrogens (primary N) is 1. The van der Waals surface area contributed by atoms with Gasteiger partial charge in [0.05, 0.1) is 17.8 Å². The molecule has 5 nitrogen and oxygen atoms in total. The minimum Gasteiger partial charge on any atom is -0.404 e. The van der Waals surface area contributed by atoms with Gasteiger partial charge in [0, 0.05) is 0 Å². The van der Waals surface area contributed by atoms with Crippen molar-refractivity contribution in [3.8, 4) is 5.75 Å². The first kappa shape index (κ1) is 17.4. The van der Waals surface area contributed by atoms with Gasteiger partial charge < -0.3 is 20.9 Å². The molecule has 1 fully saturated rings. The number of hydrogen-bond donors (Lipinski definition) is 3. The molecule has 1 aliphatic rings. The van der Waals surface area contributed by atoms with Crippen LogP contribution in [0.15, 0.2) is 29.3 Å². The summed E-state index contributed by atoms with van der Waals surface area (Å²) in [6.07, 6.45) is -2.32. The van der Waals surface area contributed by atoms with Gasteiger partial charge >= 0.3 is 6.36 Å². The Hall–Kier alpha value is -1.96. The number of aliphatic hydroxyl groups is 1. The second-order valence-electron chi connectivity index (χ2n) is 5.77. The van der Waals surface area contributed by atoms with Crippen LogP contribution in [-0.2, 0) is 0 Å². The van der Waals surface area contributed by atoms with E-state index in [0.717, 1.165) is 12.8 Å². The summed E-state index contributed by atoms with van der Waals surface area (Å²) in [6.45, 7) is 2.05. The van der Waals surface area contributed by atoms with Crippen LogP contribution in [0, 0.1) is 5.92 Å². The number of hydrogen-bond acceptors (Lipinski definition) is 3. The molecule has 0 aromatic heterocycles. The molecule has 0 radical (unpaired) electrons. The van der Waals surface area contributed by atoms with E-state index in [1.54, 1.807) is 6.07 Å². The first-order chi connectivity index (χ1) is 10.7. The Morgan fingerprint density at radius 1 is 1.48 bits per heavy atom. The average molecular weight is 331 g/mol. The number of rotatable bonds is 4. The van der Waals surface area contributed by atoms with Crippen molar-refractivity contribution < 1.29 is 23.0 Å². The molecule has 2 rings (SSSR count). The zero-order valence-corrected chi connectivity index (χ0v) is 12.7. The lowest BCUT2D eigenvalue weighted by Gasteiger charge is -2.25. The summed E-state index contributed by atoms with van der Waals surface area (Å²) in [5.41, 5.74) is 4.86. The van der Waals surface area contributed by atoms with E-state index < -0.39 is 17.7 Å². The van der Waals surface area contributed by atoms with Gasteiger partial charge in [0.25, 0.3) is 0 Å². The van der Waals surface area contributed by atoms with Crippen molar-refractivity contribution in [2.75, 3.05) is 11.9 Å². The van der Waals surface area contributed by atoms with Crippen LogP contribution >= 0.6 is 0 Å². The maximum absolute atomic E-state index is 12.4. The van der Waals surface area contributed by atoms with Crippen LogP contribution in [0.2, 0.25) is 0 Å². The molecule has 0 aliphatic heterocycles. The molecule has 2 atom stereocenters. The van der Waals surface area contributed by atoms with E-state index in [4.69, 9.17) is 5.73 Å². The summed E-state index contributed by atoms with van der Waals surface area (Å²) < 4.78 is 41.0. The van der Waals surface area contributed by atoms with Crippen LogP contribution in [0.1, 0.15) is 26.2 Å². The van der Waals surface area contributed by atoms with Gasteiger partial charge in [0.15, 0.2) is 11.7 Å². The molecule has 128 valence electrons. The lowest BCUT2D eigenvalue weighted by atomic mass is 9.93. The third-order valence-corrected chi connectivity index (χ3v) is 4.06. The molecule has 1 saturated carbocycles. The molecule has 23 heavy (non-hydrogen) atoms. The Kier molecular flexibility index (Phi) is 5.03. The van der Waals surface area contributed by atoms with Crippen LogP contribution in [0.3, 0.4) is 0 Å². The molecule has 1 aliphatic carbocycles. The van der Waals surface area contributed by atoms with Crippen molar-refractivity contribution in [3.63, 3.8) is 0 Å². The van der Waals surface area contributed by atoms with E-state index in [1.807, 2.05) is 6.92 Å². The minimum atomic E-state index is -4.79. The molecule has 0 bridgehead atoms. The van der Waals surface area contributed by atoms with E-state index in [0.29, 0.717) is 6.42 Å². The summed E-state index contributed by atoms with van der Waals surface area (Å²) in [5, 5.41) is 13.0. The second kappa shape index (κ2) is 6.66. The number of nitrogens with one attached hydrogen (secondary N) is 1. The monoisotopic (exact) mass is 331 g/mol. The topological polar surface area (TPSA) is 79.9 Å². The third-order valence-electron chi connectivity index (χ3n) is 4.06. The molecule has 0 saturated heterocycles. The smallest absolute Gasteiger partial charge is 0.404 e. The minimum absolute atomic E-state index is 0.0533. The van der Waals surface area contributed by atoms with Crippen molar-refractivity contribution in [2.45, 2.75) is 38.1 Å². The van der Waals surface area contributed by atoms with Gasteiger partial charge in [0.1, 0.15) is 0 Å². The average Bonchev–Trinajstić information content (AvgIpc) is 2.78. The maximum atomic E-state index is 12.4.